The lowest BCUT2D eigenvalue weighted by Gasteiger charge is -2.42. The average Bonchev–Trinajstić information content (AvgIpc) is 1.78. The molecule has 1 aliphatic rings. The molecule has 0 bridgehead atoms. The van der Waals surface area contributed by atoms with Gasteiger partial charge in [0.1, 0.15) is 64.1 Å². The number of ether oxygens (including phenoxy) is 4. The summed E-state index contributed by atoms with van der Waals surface area (Å²) in [4.78, 5) is 58.1. The maximum absolute atomic E-state index is 14.4. The number of urea groups is 1. The average molecular weight is 1220 g/mol. The fraction of sp³-hybridized carbons (Fsp3) is 0.283. The van der Waals surface area contributed by atoms with Gasteiger partial charge in [0.15, 0.2) is 5.82 Å². The molecule has 0 spiro atoms. The lowest BCUT2D eigenvalue weighted by molar-refractivity contribution is -0.926. The predicted molar refractivity (Wildman–Crippen MR) is 318 cm³/mol. The highest BCUT2D eigenvalue weighted by molar-refractivity contribution is 7.85. The number of fused-ring (bicyclic) bond motifs is 1. The van der Waals surface area contributed by atoms with Crippen LogP contribution in [0.2, 0.25) is 5.02 Å². The van der Waals surface area contributed by atoms with Crippen LogP contribution >= 0.6 is 22.9 Å². The number of benzene rings is 5. The molecule has 85 heavy (non-hydrogen) atoms. The third kappa shape index (κ3) is 15.1. The molecule has 1 aliphatic heterocycles. The number of para-hydroxylation sites is 2. The maximum atomic E-state index is 14.4. The zero-order chi connectivity index (χ0) is 60.4. The first-order valence-electron chi connectivity index (χ1n) is 27.0. The number of primary amides is 1. The summed E-state index contributed by atoms with van der Waals surface area (Å²) < 4.78 is 77.0. The van der Waals surface area contributed by atoms with Crippen molar-refractivity contribution in [1.82, 2.24) is 30.2 Å². The van der Waals surface area contributed by atoms with Gasteiger partial charge in [-0.1, -0.05) is 66.2 Å². The minimum absolute atomic E-state index is 0.00823. The van der Waals surface area contributed by atoms with E-state index in [0.29, 0.717) is 131 Å². The Morgan fingerprint density at radius 2 is 1.66 bits per heavy atom. The molecule has 1 saturated heterocycles. The number of likely N-dealkylation sites (N-methyl/N-ethyl adjacent to an activating group) is 1. The van der Waals surface area contributed by atoms with Crippen molar-refractivity contribution in [3.8, 4) is 56.1 Å². The van der Waals surface area contributed by atoms with Gasteiger partial charge in [-0.25, -0.2) is 42.3 Å². The summed E-state index contributed by atoms with van der Waals surface area (Å²) in [6, 6.07) is 28.4. The smallest absolute Gasteiger partial charge is 0.345 e. The van der Waals surface area contributed by atoms with E-state index in [1.165, 1.54) is 41.9 Å². The molecule has 7 N–H and O–H groups in total. The van der Waals surface area contributed by atoms with E-state index in [1.54, 1.807) is 61.8 Å². The first-order valence-corrected chi connectivity index (χ1v) is 29.6. The van der Waals surface area contributed by atoms with E-state index in [2.05, 4.69) is 30.5 Å². The van der Waals surface area contributed by atoms with Gasteiger partial charge in [-0.15, -0.1) is 11.3 Å². The maximum Gasteiger partial charge on any atom is 0.345 e. The number of aliphatic carboxylic acids is 1. The Bertz CT molecular complexity index is 3850. The Kier molecular flexibility index (Phi) is 19.5. The molecule has 3 amide bonds. The number of aromatic nitrogens is 4. The number of methoxy groups -OCH3 is 1. The van der Waals surface area contributed by atoms with Crippen LogP contribution in [0.4, 0.5) is 14.9 Å². The fourth-order valence-corrected chi connectivity index (χ4v) is 12.1. The molecule has 0 aliphatic carbocycles. The Morgan fingerprint density at radius 3 is 2.39 bits per heavy atom. The van der Waals surface area contributed by atoms with E-state index in [4.69, 9.17) is 47.0 Å². The number of hydrogen-bond acceptors (Lipinski definition) is 17. The number of quaternary nitrogens is 1. The van der Waals surface area contributed by atoms with E-state index in [-0.39, 0.29) is 50.7 Å². The number of anilines is 1. The van der Waals surface area contributed by atoms with Crippen LogP contribution < -0.4 is 41.0 Å². The van der Waals surface area contributed by atoms with Gasteiger partial charge in [0.05, 0.1) is 59.9 Å². The molecular weight excluding hydrogens is 1160 g/mol. The molecule has 2 atom stereocenters. The summed E-state index contributed by atoms with van der Waals surface area (Å²) in [6.45, 7) is 5.69. The number of nitrogens with zero attached hydrogens (tertiary/aromatic N) is 6. The molecule has 0 radical (unpaired) electrons. The number of amides is 3. The molecule has 1 fully saturated rings. The number of thiophene rings is 1. The zero-order valence-electron chi connectivity index (χ0n) is 46.6. The predicted octanol–water partition coefficient (Wildman–Crippen LogP) is 8.21. The summed E-state index contributed by atoms with van der Waals surface area (Å²) in [6.07, 6.45) is 1.98. The van der Waals surface area contributed by atoms with Crippen LogP contribution in [0.5, 0.6) is 23.1 Å². The monoisotopic (exact) mass is 1220 g/mol. The molecule has 5 aromatic carbocycles. The number of carbonyl (C=O) groups is 3. The Morgan fingerprint density at radius 1 is 0.918 bits per heavy atom. The third-order valence-electron chi connectivity index (χ3n) is 14.6. The molecule has 0 saturated carbocycles. The highest BCUT2D eigenvalue weighted by Gasteiger charge is 2.32. The molecule has 4 heterocycles. The highest BCUT2D eigenvalue weighted by Crippen LogP contribution is 2.49. The minimum atomic E-state index is -4.93. The molecule has 8 aromatic rings. The van der Waals surface area contributed by atoms with E-state index in [0.717, 1.165) is 6.07 Å². The van der Waals surface area contributed by atoms with Gasteiger partial charge < -0.3 is 55.2 Å². The lowest BCUT2D eigenvalue weighted by Crippen LogP contribution is -2.57. The summed E-state index contributed by atoms with van der Waals surface area (Å²) >= 11 is 8.48. The van der Waals surface area contributed by atoms with E-state index < -0.39 is 50.9 Å². The van der Waals surface area contributed by atoms with Gasteiger partial charge in [0.25, 0.3) is 0 Å². The van der Waals surface area contributed by atoms with Crippen molar-refractivity contribution < 1.29 is 60.3 Å². The zero-order valence-corrected chi connectivity index (χ0v) is 49.0. The number of nitrogens with one attached hydrogen (secondary N) is 2. The molecule has 9 rings (SSSR count). The molecule has 2 unspecified atom stereocenters. The highest BCUT2D eigenvalue weighted by atomic mass is 35.5. The van der Waals surface area contributed by atoms with Gasteiger partial charge in [0.2, 0.25) is 17.9 Å². The van der Waals surface area contributed by atoms with Gasteiger partial charge in [-0.3, -0.25) is 9.69 Å². The van der Waals surface area contributed by atoms with Crippen molar-refractivity contribution in [3.63, 3.8) is 0 Å². The van der Waals surface area contributed by atoms with Gasteiger partial charge >= 0.3 is 12.0 Å². The molecular formula is C60H62ClFN10O11S2. The van der Waals surface area contributed by atoms with Crippen molar-refractivity contribution in [2.24, 2.45) is 11.5 Å². The Labute approximate surface area is 499 Å². The number of halogens is 2. The topological polar surface area (TPSA) is 296 Å². The molecule has 3 aromatic heterocycles. The van der Waals surface area contributed by atoms with Gasteiger partial charge in [-0.2, -0.15) is 0 Å². The van der Waals surface area contributed by atoms with Crippen LogP contribution in [0.3, 0.4) is 0 Å². The number of nitrogens with two attached hydrogens (primary N) is 2. The van der Waals surface area contributed by atoms with Crippen molar-refractivity contribution in [3.05, 3.63) is 155 Å². The number of hydrogen-bond donors (Lipinski definition) is 5. The van der Waals surface area contributed by atoms with E-state index >= 15 is 0 Å². The fourth-order valence-electron chi connectivity index (χ4n) is 9.98. The van der Waals surface area contributed by atoms with E-state index in [9.17, 15) is 36.9 Å². The van der Waals surface area contributed by atoms with Crippen LogP contribution in [0.25, 0.3) is 43.2 Å². The van der Waals surface area contributed by atoms with Crippen LogP contribution in [0, 0.1) is 12.7 Å². The summed E-state index contributed by atoms with van der Waals surface area (Å²) in [5.41, 5.74) is 15.9. The molecule has 25 heteroatoms. The van der Waals surface area contributed by atoms with Crippen LogP contribution in [-0.2, 0) is 39.3 Å². The largest absolute Gasteiger partial charge is 0.744 e. The quantitative estimate of drug-likeness (QED) is 0.0205. The number of rotatable bonds is 25. The van der Waals surface area contributed by atoms with Crippen LogP contribution in [-0.4, -0.2) is 137 Å². The van der Waals surface area contributed by atoms with Crippen molar-refractivity contribution >= 4 is 66.9 Å². The third-order valence-corrected chi connectivity index (χ3v) is 17.1. The number of carboxylic acid groups (broad SMARTS) is 1. The minimum Gasteiger partial charge on any atom is -0.744 e. The number of carbonyl (C=O) groups excluding carboxylic acids is 2. The van der Waals surface area contributed by atoms with Crippen molar-refractivity contribution in [1.29, 1.82) is 0 Å². The standard InChI is InChI=1S/C60H62ClFN10O11S2/c1-36-43(20-21-48(53(36)61)81-30-27-71-25-28-72(2,29-26-71)33-39-16-19-41(32-50(39)85(77,78)79)70-56(73)45(63)11-8-23-66-60(64)76)51-52-57(67-35-68-58(52)84-54(51)37-14-17-40(62)18-15-37)83-49(59(74)75)31-38-9-4-6-12-46(38)82-34-42-22-24-65-55(69-42)44-10-5-7-13-47(44)80-3/h4-7,9-10,12-22,24,32,35,45,49H,8,11,23,25-31,33-34,63H2,1-3H3,(H5-,64,66,70,73,74,75,76,77,78,79). The van der Waals surface area contributed by atoms with Gasteiger partial charge in [-0.05, 0) is 96.6 Å². The first-order chi connectivity index (χ1) is 40.8. The number of carboxylic acids is 1. The number of piperazine rings is 1. The van der Waals surface area contributed by atoms with Crippen LogP contribution in [0.15, 0.2) is 127 Å². The first kappa shape index (κ1) is 61.2. The van der Waals surface area contributed by atoms with Crippen LogP contribution in [0.1, 0.15) is 35.2 Å². The van der Waals surface area contributed by atoms with E-state index in [1.807, 2.05) is 44.3 Å². The second-order valence-electron chi connectivity index (χ2n) is 20.6. The summed E-state index contributed by atoms with van der Waals surface area (Å²) in [5, 5.41) is 16.5. The Balaban J connectivity index is 0.878. The second-order valence-corrected chi connectivity index (χ2v) is 23.3. The van der Waals surface area contributed by atoms with Crippen molar-refractivity contribution in [2.75, 3.05) is 65.3 Å². The van der Waals surface area contributed by atoms with Gasteiger partial charge in [0, 0.05) is 60.5 Å². The van der Waals surface area contributed by atoms with Crippen molar-refractivity contribution in [2.45, 2.75) is 56.4 Å². The Hall–Kier alpha value is -8.36. The lowest BCUT2D eigenvalue weighted by atomic mass is 9.96. The second kappa shape index (κ2) is 27.1. The normalized spacial score (nSPS) is 14.1. The molecule has 444 valence electrons. The SMILES string of the molecule is COc1ccccc1-c1nccc(COc2ccccc2CC(Oc2ncnc3sc(-c4ccc(F)cc4)c(-c4ccc(OCCN5CC[N+](C)(Cc6ccc(NC(=O)C(N)CCCNC(N)=O)cc6S(=O)(=O)[O-])CC5)c(Cl)c4C)c23)C(=O)O)n1. The summed E-state index contributed by atoms with van der Waals surface area (Å²) in [5.74, 6) is -0.329. The summed E-state index contributed by atoms with van der Waals surface area (Å²) in [7, 11) is -1.37. The molecule has 21 nitrogen and oxygen atoms in total.